The van der Waals surface area contributed by atoms with Crippen molar-refractivity contribution in [3.63, 3.8) is 0 Å². The Morgan fingerprint density at radius 3 is 2.30 bits per heavy atom. The molecule has 112 valence electrons. The second-order valence-electron chi connectivity index (χ2n) is 4.42. The van der Waals surface area contributed by atoms with Crippen molar-refractivity contribution in [1.82, 2.24) is 16.0 Å². The fourth-order valence-corrected chi connectivity index (χ4v) is 1.52. The van der Waals surface area contributed by atoms with Gasteiger partial charge in [-0.1, -0.05) is 18.2 Å². The first-order valence-corrected chi connectivity index (χ1v) is 6.44. The average molecular weight is 390 g/mol. The quantitative estimate of drug-likeness (QED) is 0.310. The minimum absolute atomic E-state index is 0. The Balaban J connectivity index is 0.00000361. The van der Waals surface area contributed by atoms with Crippen LogP contribution in [0.15, 0.2) is 35.3 Å². The highest BCUT2D eigenvalue weighted by atomic mass is 127. The summed E-state index contributed by atoms with van der Waals surface area (Å²) in [5, 5.41) is 9.15. The first-order chi connectivity index (χ1) is 9.13. The Kier molecular flexibility index (Phi) is 9.79. The first-order valence-electron chi connectivity index (χ1n) is 6.44. The molecule has 20 heavy (non-hydrogen) atoms. The largest absolute Gasteiger partial charge is 0.355 e. The molecule has 0 spiro atoms. The Morgan fingerprint density at radius 2 is 1.75 bits per heavy atom. The molecule has 1 amide bonds. The molecule has 0 saturated carbocycles. The van der Waals surface area contributed by atoms with Gasteiger partial charge in [0, 0.05) is 31.7 Å². The SMILES string of the molecule is CN=C(NCCNC(=O)c1ccccc1)NC(C)C.I. The summed E-state index contributed by atoms with van der Waals surface area (Å²) < 4.78 is 0. The molecule has 0 bridgehead atoms. The zero-order chi connectivity index (χ0) is 14.1. The van der Waals surface area contributed by atoms with Gasteiger partial charge in [0.15, 0.2) is 5.96 Å². The third-order valence-corrected chi connectivity index (χ3v) is 2.39. The molecular formula is C14H23IN4O. The molecule has 0 heterocycles. The lowest BCUT2D eigenvalue weighted by atomic mass is 10.2. The zero-order valence-corrected chi connectivity index (χ0v) is 14.5. The van der Waals surface area contributed by atoms with Crippen LogP contribution in [0, 0.1) is 0 Å². The van der Waals surface area contributed by atoms with Gasteiger partial charge in [-0.3, -0.25) is 9.79 Å². The Labute approximate surface area is 137 Å². The van der Waals surface area contributed by atoms with E-state index in [9.17, 15) is 4.79 Å². The monoisotopic (exact) mass is 390 g/mol. The number of hydrogen-bond donors (Lipinski definition) is 3. The van der Waals surface area contributed by atoms with Crippen LogP contribution in [0.2, 0.25) is 0 Å². The van der Waals surface area contributed by atoms with Gasteiger partial charge in [0.2, 0.25) is 0 Å². The number of carbonyl (C=O) groups excluding carboxylic acids is 1. The van der Waals surface area contributed by atoms with E-state index in [-0.39, 0.29) is 29.9 Å². The number of carbonyl (C=O) groups is 1. The molecule has 0 fully saturated rings. The van der Waals surface area contributed by atoms with Gasteiger partial charge >= 0.3 is 0 Å². The standard InChI is InChI=1S/C14H22N4O.HI/c1-11(2)18-14(15-3)17-10-9-16-13(19)12-7-5-4-6-8-12;/h4-8,11H,9-10H2,1-3H3,(H,16,19)(H2,15,17,18);1H. The highest BCUT2D eigenvalue weighted by Gasteiger charge is 2.03. The summed E-state index contributed by atoms with van der Waals surface area (Å²) in [7, 11) is 1.72. The van der Waals surface area contributed by atoms with Gasteiger partial charge in [0.05, 0.1) is 0 Å². The molecule has 1 rings (SSSR count). The number of nitrogens with one attached hydrogen (secondary N) is 3. The predicted molar refractivity (Wildman–Crippen MR) is 93.8 cm³/mol. The van der Waals surface area contributed by atoms with Gasteiger partial charge in [-0.25, -0.2) is 0 Å². The summed E-state index contributed by atoms with van der Waals surface area (Å²) in [5.74, 6) is 0.679. The third kappa shape index (κ3) is 7.32. The van der Waals surface area contributed by atoms with Crippen LogP contribution in [-0.4, -0.2) is 38.0 Å². The topological polar surface area (TPSA) is 65.5 Å². The summed E-state index contributed by atoms with van der Waals surface area (Å²) in [6, 6.07) is 9.50. The maximum absolute atomic E-state index is 11.8. The normalized spacial score (nSPS) is 10.7. The van der Waals surface area contributed by atoms with Crippen molar-refractivity contribution in [2.75, 3.05) is 20.1 Å². The molecule has 0 saturated heterocycles. The Morgan fingerprint density at radius 1 is 1.15 bits per heavy atom. The number of aliphatic imine (C=N–C) groups is 1. The van der Waals surface area contributed by atoms with Crippen LogP contribution in [0.3, 0.4) is 0 Å². The molecule has 1 aromatic rings. The fraction of sp³-hybridized carbons (Fsp3) is 0.429. The van der Waals surface area contributed by atoms with Crippen LogP contribution in [-0.2, 0) is 0 Å². The van der Waals surface area contributed by atoms with Crippen molar-refractivity contribution in [2.24, 2.45) is 4.99 Å². The molecule has 0 unspecified atom stereocenters. The number of rotatable bonds is 5. The van der Waals surface area contributed by atoms with Crippen molar-refractivity contribution in [3.8, 4) is 0 Å². The molecule has 0 radical (unpaired) electrons. The highest BCUT2D eigenvalue weighted by molar-refractivity contribution is 14.0. The van der Waals surface area contributed by atoms with E-state index in [1.807, 2.05) is 32.0 Å². The van der Waals surface area contributed by atoms with Crippen LogP contribution < -0.4 is 16.0 Å². The van der Waals surface area contributed by atoms with Crippen molar-refractivity contribution < 1.29 is 4.79 Å². The predicted octanol–water partition coefficient (Wildman–Crippen LogP) is 1.61. The third-order valence-electron chi connectivity index (χ3n) is 2.39. The van der Waals surface area contributed by atoms with Crippen molar-refractivity contribution >= 4 is 35.8 Å². The van der Waals surface area contributed by atoms with Crippen molar-refractivity contribution in [2.45, 2.75) is 19.9 Å². The van der Waals surface area contributed by atoms with E-state index in [1.54, 1.807) is 19.2 Å². The number of halogens is 1. The molecule has 0 aliphatic carbocycles. The lowest BCUT2D eigenvalue weighted by Gasteiger charge is -2.14. The Hall–Kier alpha value is -1.31. The Bertz CT molecular complexity index is 420. The zero-order valence-electron chi connectivity index (χ0n) is 12.1. The summed E-state index contributed by atoms with van der Waals surface area (Å²) in [6.45, 7) is 5.27. The van der Waals surface area contributed by atoms with Gasteiger partial charge in [-0.15, -0.1) is 24.0 Å². The molecule has 3 N–H and O–H groups in total. The number of guanidine groups is 1. The van der Waals surface area contributed by atoms with Crippen LogP contribution in [0.1, 0.15) is 24.2 Å². The second-order valence-corrected chi connectivity index (χ2v) is 4.42. The smallest absolute Gasteiger partial charge is 0.251 e. The lowest BCUT2D eigenvalue weighted by molar-refractivity contribution is 0.0954. The van der Waals surface area contributed by atoms with Gasteiger partial charge in [0.1, 0.15) is 0 Å². The summed E-state index contributed by atoms with van der Waals surface area (Å²) >= 11 is 0. The van der Waals surface area contributed by atoms with E-state index < -0.39 is 0 Å². The summed E-state index contributed by atoms with van der Waals surface area (Å²) in [4.78, 5) is 15.8. The number of benzene rings is 1. The van der Waals surface area contributed by atoms with Crippen LogP contribution >= 0.6 is 24.0 Å². The fourth-order valence-electron chi connectivity index (χ4n) is 1.52. The molecule has 6 heteroatoms. The van der Waals surface area contributed by atoms with E-state index in [0.29, 0.717) is 24.7 Å². The average Bonchev–Trinajstić information content (AvgIpc) is 2.42. The lowest BCUT2D eigenvalue weighted by Crippen LogP contribution is -2.44. The van der Waals surface area contributed by atoms with Crippen molar-refractivity contribution in [3.05, 3.63) is 35.9 Å². The van der Waals surface area contributed by atoms with Crippen LogP contribution in [0.5, 0.6) is 0 Å². The number of nitrogens with zero attached hydrogens (tertiary/aromatic N) is 1. The van der Waals surface area contributed by atoms with E-state index in [2.05, 4.69) is 20.9 Å². The van der Waals surface area contributed by atoms with Gasteiger partial charge in [0.25, 0.3) is 5.91 Å². The van der Waals surface area contributed by atoms with Gasteiger partial charge in [-0.2, -0.15) is 0 Å². The van der Waals surface area contributed by atoms with E-state index in [4.69, 9.17) is 0 Å². The summed E-state index contributed by atoms with van der Waals surface area (Å²) in [6.07, 6.45) is 0. The van der Waals surface area contributed by atoms with Crippen molar-refractivity contribution in [1.29, 1.82) is 0 Å². The molecule has 0 atom stereocenters. The minimum atomic E-state index is -0.0609. The summed E-state index contributed by atoms with van der Waals surface area (Å²) in [5.41, 5.74) is 0.673. The van der Waals surface area contributed by atoms with Crippen LogP contribution in [0.4, 0.5) is 0 Å². The number of hydrogen-bond acceptors (Lipinski definition) is 2. The molecule has 0 aliphatic heterocycles. The van der Waals surface area contributed by atoms with Gasteiger partial charge < -0.3 is 16.0 Å². The van der Waals surface area contributed by atoms with E-state index in [1.165, 1.54) is 0 Å². The second kappa shape index (κ2) is 10.5. The number of amides is 1. The molecular weight excluding hydrogens is 367 g/mol. The maximum Gasteiger partial charge on any atom is 0.251 e. The van der Waals surface area contributed by atoms with E-state index >= 15 is 0 Å². The highest BCUT2D eigenvalue weighted by Crippen LogP contribution is 1.96. The van der Waals surface area contributed by atoms with E-state index in [0.717, 1.165) is 5.96 Å². The maximum atomic E-state index is 11.8. The molecule has 1 aromatic carbocycles. The molecule has 0 aliphatic rings. The first kappa shape index (κ1) is 18.7. The molecule has 5 nitrogen and oxygen atoms in total. The minimum Gasteiger partial charge on any atom is -0.355 e. The molecule has 0 aromatic heterocycles. The van der Waals surface area contributed by atoms with Gasteiger partial charge in [-0.05, 0) is 26.0 Å². The van der Waals surface area contributed by atoms with Crippen LogP contribution in [0.25, 0.3) is 0 Å².